The highest BCUT2D eigenvalue weighted by Crippen LogP contribution is 2.60. The van der Waals surface area contributed by atoms with Gasteiger partial charge in [0.15, 0.2) is 0 Å². The van der Waals surface area contributed by atoms with Gasteiger partial charge < -0.3 is 9.29 Å². The smallest absolute Gasteiger partial charge is 0.312 e. The Bertz CT molecular complexity index is 561. The summed E-state index contributed by atoms with van der Waals surface area (Å²) in [4.78, 5) is 12.9. The molecule has 0 N–H and O–H groups in total. The number of esters is 1. The second-order valence-corrected chi connectivity index (χ2v) is 10.0. The summed E-state index contributed by atoms with van der Waals surface area (Å²) in [6.45, 7) is 0. The average Bonchev–Trinajstić information content (AvgIpc) is 2.45. The van der Waals surface area contributed by atoms with Gasteiger partial charge in [-0.2, -0.15) is 0 Å². The van der Waals surface area contributed by atoms with E-state index in [1.807, 2.05) is 0 Å². The molecule has 0 spiro atoms. The predicted molar refractivity (Wildman–Crippen MR) is 82.4 cm³/mol. The quantitative estimate of drug-likeness (QED) is 0.582. The van der Waals surface area contributed by atoms with Gasteiger partial charge in [-0.05, 0) is 75.5 Å². The highest BCUT2D eigenvalue weighted by Gasteiger charge is 2.56. The Morgan fingerprint density at radius 2 is 1.48 bits per heavy atom. The lowest BCUT2D eigenvalue weighted by molar-refractivity contribution is -0.178. The van der Waals surface area contributed by atoms with Crippen LogP contribution in [-0.4, -0.2) is 30.3 Å². The Kier molecular flexibility index (Phi) is 3.76. The third-order valence-electron chi connectivity index (χ3n) is 6.74. The predicted octanol–water partition coefficient (Wildman–Crippen LogP) is 2.60. The molecule has 0 aromatic carbocycles. The maximum atomic E-state index is 12.9. The molecule has 0 aliphatic heterocycles. The van der Waals surface area contributed by atoms with Crippen molar-refractivity contribution < 1.29 is 22.5 Å². The molecule has 5 aliphatic carbocycles. The van der Waals surface area contributed by atoms with E-state index in [4.69, 9.17) is 4.74 Å². The van der Waals surface area contributed by atoms with Gasteiger partial charge in [0.2, 0.25) is 0 Å². The van der Waals surface area contributed by atoms with E-state index in [9.17, 15) is 17.8 Å². The lowest BCUT2D eigenvalue weighted by Gasteiger charge is -2.55. The van der Waals surface area contributed by atoms with E-state index in [0.717, 1.165) is 32.1 Å². The Morgan fingerprint density at radius 3 is 2.00 bits per heavy atom. The first-order valence-corrected chi connectivity index (χ1v) is 10.5. The van der Waals surface area contributed by atoms with Gasteiger partial charge in [0.1, 0.15) is 16.2 Å². The second-order valence-electron chi connectivity index (χ2n) is 8.46. The monoisotopic (exact) mass is 341 g/mol. The first-order valence-electron chi connectivity index (χ1n) is 9.01. The Balaban J connectivity index is 1.51. The fraction of sp³-hybridized carbons (Fsp3) is 0.941. The zero-order valence-corrected chi connectivity index (χ0v) is 14.2. The SMILES string of the molecule is O=C(OC1CCCCC1S(=O)(=O)[O-])C12CC3CC(CC(C3)C1)C2. The third-order valence-corrected chi connectivity index (χ3v) is 8.02. The summed E-state index contributed by atoms with van der Waals surface area (Å²) in [6.07, 6.45) is 8.08. The van der Waals surface area contributed by atoms with Crippen LogP contribution in [0.25, 0.3) is 0 Å². The second kappa shape index (κ2) is 5.45. The summed E-state index contributed by atoms with van der Waals surface area (Å²) in [7, 11) is -4.40. The molecule has 0 saturated heterocycles. The Labute approximate surface area is 137 Å². The molecule has 5 fully saturated rings. The lowest BCUT2D eigenvalue weighted by Crippen LogP contribution is -2.52. The van der Waals surface area contributed by atoms with Gasteiger partial charge in [-0.25, -0.2) is 8.42 Å². The van der Waals surface area contributed by atoms with Crippen molar-refractivity contribution in [2.24, 2.45) is 23.2 Å². The zero-order valence-electron chi connectivity index (χ0n) is 13.4. The Hall–Kier alpha value is -0.620. The average molecular weight is 341 g/mol. The molecule has 2 unspecified atom stereocenters. The summed E-state index contributed by atoms with van der Waals surface area (Å²) >= 11 is 0. The van der Waals surface area contributed by atoms with Crippen molar-refractivity contribution >= 4 is 16.1 Å². The molecule has 5 rings (SSSR count). The van der Waals surface area contributed by atoms with Crippen molar-refractivity contribution in [2.75, 3.05) is 0 Å². The lowest BCUT2D eigenvalue weighted by atomic mass is 9.49. The van der Waals surface area contributed by atoms with Gasteiger partial charge in [0.05, 0.1) is 10.7 Å². The van der Waals surface area contributed by atoms with Crippen LogP contribution in [0.1, 0.15) is 64.2 Å². The van der Waals surface area contributed by atoms with Gasteiger partial charge in [0.25, 0.3) is 0 Å². The number of rotatable bonds is 3. The molecular weight excluding hydrogens is 316 g/mol. The maximum Gasteiger partial charge on any atom is 0.312 e. The summed E-state index contributed by atoms with van der Waals surface area (Å²) in [5, 5.41) is -1.05. The molecule has 4 bridgehead atoms. The molecule has 0 heterocycles. The summed E-state index contributed by atoms with van der Waals surface area (Å²) in [5.41, 5.74) is -0.386. The maximum absolute atomic E-state index is 12.9. The molecule has 130 valence electrons. The van der Waals surface area contributed by atoms with Crippen LogP contribution in [0.15, 0.2) is 0 Å². The summed E-state index contributed by atoms with van der Waals surface area (Å²) in [5.74, 6) is 1.70. The van der Waals surface area contributed by atoms with Crippen LogP contribution < -0.4 is 0 Å². The molecule has 23 heavy (non-hydrogen) atoms. The number of carbonyl (C=O) groups excluding carboxylic acids is 1. The van der Waals surface area contributed by atoms with Crippen LogP contribution in [0.3, 0.4) is 0 Å². The van der Waals surface area contributed by atoms with Crippen LogP contribution in [0.5, 0.6) is 0 Å². The molecule has 0 aromatic heterocycles. The number of hydrogen-bond donors (Lipinski definition) is 0. The van der Waals surface area contributed by atoms with Gasteiger partial charge in [-0.3, -0.25) is 4.79 Å². The van der Waals surface area contributed by atoms with Gasteiger partial charge in [-0.15, -0.1) is 0 Å². The highest BCUT2D eigenvalue weighted by molar-refractivity contribution is 7.86. The normalized spacial score (nSPS) is 45.9. The molecule has 5 nitrogen and oxygen atoms in total. The fourth-order valence-electron chi connectivity index (χ4n) is 6.15. The standard InChI is InChI=1S/C17H26O5S/c18-16(22-14-3-1-2-4-15(14)23(19,20)21)17-8-11-5-12(9-17)7-13(6-11)10-17/h11-15H,1-10H2,(H,19,20,21)/p-1. The molecule has 0 aromatic rings. The molecular formula is C17H25O5S-. The van der Waals surface area contributed by atoms with Crippen LogP contribution in [0.4, 0.5) is 0 Å². The minimum absolute atomic E-state index is 0.211. The Morgan fingerprint density at radius 1 is 0.957 bits per heavy atom. The van der Waals surface area contributed by atoms with Crippen molar-refractivity contribution in [1.29, 1.82) is 0 Å². The first-order chi connectivity index (χ1) is 10.9. The molecule has 0 radical (unpaired) electrons. The number of carbonyl (C=O) groups is 1. The van der Waals surface area contributed by atoms with Crippen LogP contribution >= 0.6 is 0 Å². The van der Waals surface area contributed by atoms with Crippen molar-refractivity contribution in [3.05, 3.63) is 0 Å². The van der Waals surface area contributed by atoms with Gasteiger partial charge in [0, 0.05) is 0 Å². The van der Waals surface area contributed by atoms with Crippen molar-refractivity contribution in [3.8, 4) is 0 Å². The van der Waals surface area contributed by atoms with E-state index in [1.54, 1.807) is 0 Å². The highest BCUT2D eigenvalue weighted by atomic mass is 32.2. The molecule has 0 amide bonds. The summed E-state index contributed by atoms with van der Waals surface area (Å²) in [6, 6.07) is 0. The van der Waals surface area contributed by atoms with E-state index in [2.05, 4.69) is 0 Å². The fourth-order valence-corrected chi connectivity index (χ4v) is 7.17. The van der Waals surface area contributed by atoms with Crippen LogP contribution in [0.2, 0.25) is 0 Å². The summed E-state index contributed by atoms with van der Waals surface area (Å²) < 4.78 is 40.1. The minimum atomic E-state index is -4.40. The van der Waals surface area contributed by atoms with E-state index >= 15 is 0 Å². The largest absolute Gasteiger partial charge is 0.748 e. The van der Waals surface area contributed by atoms with Gasteiger partial charge in [-0.1, -0.05) is 6.42 Å². The third kappa shape index (κ3) is 2.82. The van der Waals surface area contributed by atoms with E-state index in [1.165, 1.54) is 19.3 Å². The number of ether oxygens (including phenoxy) is 1. The first kappa shape index (κ1) is 15.9. The molecule has 5 aliphatic rings. The topological polar surface area (TPSA) is 83.5 Å². The van der Waals surface area contributed by atoms with Gasteiger partial charge >= 0.3 is 5.97 Å². The van der Waals surface area contributed by atoms with Crippen molar-refractivity contribution in [2.45, 2.75) is 75.6 Å². The zero-order chi connectivity index (χ0) is 16.2. The van der Waals surface area contributed by atoms with E-state index < -0.39 is 21.5 Å². The minimum Gasteiger partial charge on any atom is -0.748 e. The molecule has 2 atom stereocenters. The van der Waals surface area contributed by atoms with E-state index in [-0.39, 0.29) is 11.4 Å². The molecule has 6 heteroatoms. The molecule has 5 saturated carbocycles. The van der Waals surface area contributed by atoms with Crippen molar-refractivity contribution in [1.82, 2.24) is 0 Å². The number of hydrogen-bond acceptors (Lipinski definition) is 5. The van der Waals surface area contributed by atoms with Crippen molar-refractivity contribution in [3.63, 3.8) is 0 Å². The van der Waals surface area contributed by atoms with Crippen LogP contribution in [0, 0.1) is 23.2 Å². The van der Waals surface area contributed by atoms with E-state index in [0.29, 0.717) is 30.6 Å². The van der Waals surface area contributed by atoms with Crippen LogP contribution in [-0.2, 0) is 19.6 Å².